The fourth-order valence-electron chi connectivity index (χ4n) is 4.31. The molecule has 1 aliphatic heterocycles. The molecule has 0 unspecified atom stereocenters. The molecule has 10 nitrogen and oxygen atoms in total. The van der Waals surface area contributed by atoms with Crippen LogP contribution in [-0.2, 0) is 11.3 Å². The summed E-state index contributed by atoms with van der Waals surface area (Å²) in [5, 5.41) is 15.0. The maximum atomic E-state index is 15.4. The zero-order chi connectivity index (χ0) is 25.6. The first-order valence-corrected chi connectivity index (χ1v) is 11.0. The molecule has 1 amide bonds. The number of methoxy groups -OCH3 is 1. The van der Waals surface area contributed by atoms with E-state index in [4.69, 9.17) is 6.11 Å². The molecule has 2 atom stereocenters. The van der Waals surface area contributed by atoms with Crippen molar-refractivity contribution in [2.24, 2.45) is 0 Å². The van der Waals surface area contributed by atoms with Gasteiger partial charge in [-0.05, 0) is 24.1 Å². The molecule has 0 bridgehead atoms. The van der Waals surface area contributed by atoms with E-state index in [1.54, 1.807) is 18.2 Å². The largest absolute Gasteiger partial charge is 0.479 e. The number of fused-ring (bicyclic) bond motifs is 2. The third-order valence-corrected chi connectivity index (χ3v) is 6.07. The zero-order valence-electron chi connectivity index (χ0n) is 20.0. The van der Waals surface area contributed by atoms with Crippen molar-refractivity contribution < 1.29 is 24.1 Å². The molecule has 1 saturated heterocycles. The molecular formula is C22H23F3N8O2. The summed E-state index contributed by atoms with van der Waals surface area (Å²) in [6, 6.07) is 4.15. The van der Waals surface area contributed by atoms with E-state index in [-0.39, 0.29) is 41.9 Å². The quantitative estimate of drug-likeness (QED) is 0.444. The van der Waals surface area contributed by atoms with Gasteiger partial charge in [0.05, 0.1) is 44.9 Å². The van der Waals surface area contributed by atoms with Crippen LogP contribution in [0.15, 0.2) is 24.4 Å². The molecule has 0 radical (unpaired) electrons. The lowest BCUT2D eigenvalue weighted by Crippen LogP contribution is -2.49. The van der Waals surface area contributed by atoms with Gasteiger partial charge in [0.15, 0.2) is 5.82 Å². The Labute approximate surface area is 199 Å². The number of piperidine rings is 1. The average Bonchev–Trinajstić information content (AvgIpc) is 3.38. The zero-order valence-corrected chi connectivity index (χ0v) is 19.0. The number of hydrogen-bond donors (Lipinski definition) is 1. The number of carbonyl (C=O) groups excluding carboxylic acids is 1. The van der Waals surface area contributed by atoms with E-state index in [0.29, 0.717) is 29.6 Å². The molecule has 0 saturated carbocycles. The van der Waals surface area contributed by atoms with E-state index in [1.165, 1.54) is 23.6 Å². The van der Waals surface area contributed by atoms with Gasteiger partial charge in [0.1, 0.15) is 23.9 Å². The number of aryl methyl sites for hydroxylation is 1. The van der Waals surface area contributed by atoms with E-state index in [1.807, 2.05) is 0 Å². The summed E-state index contributed by atoms with van der Waals surface area (Å²) < 4.78 is 59.2. The number of carbonyl (C=O) groups is 1. The van der Waals surface area contributed by atoms with Crippen LogP contribution < -0.4 is 10.1 Å². The maximum absolute atomic E-state index is 15.4. The molecule has 0 spiro atoms. The van der Waals surface area contributed by atoms with Crippen LogP contribution in [0.1, 0.15) is 14.7 Å². The van der Waals surface area contributed by atoms with Crippen molar-refractivity contribution >= 4 is 28.4 Å². The average molecular weight is 489 g/mol. The maximum Gasteiger partial charge on any atom is 0.244 e. The highest BCUT2D eigenvalue weighted by Crippen LogP contribution is 2.35. The van der Waals surface area contributed by atoms with Crippen molar-refractivity contribution in [3.63, 3.8) is 0 Å². The van der Waals surface area contributed by atoms with Crippen molar-refractivity contribution in [2.75, 3.05) is 32.2 Å². The second-order valence-corrected chi connectivity index (χ2v) is 8.23. The third-order valence-electron chi connectivity index (χ3n) is 6.07. The topological polar surface area (TPSA) is 102 Å². The summed E-state index contributed by atoms with van der Waals surface area (Å²) in [5.74, 6) is -1.13. The number of nitrogens with one attached hydrogen (secondary N) is 1. The molecule has 4 aromatic rings. The van der Waals surface area contributed by atoms with Gasteiger partial charge in [0.2, 0.25) is 17.7 Å². The molecule has 1 aromatic carbocycles. The Bertz CT molecular complexity index is 1460. The lowest BCUT2D eigenvalue weighted by molar-refractivity contribution is -0.131. The number of alkyl halides is 2. The number of benzene rings is 1. The van der Waals surface area contributed by atoms with Crippen molar-refractivity contribution in [2.45, 2.75) is 32.1 Å². The van der Waals surface area contributed by atoms with Crippen LogP contribution in [0.5, 0.6) is 5.88 Å². The number of aromatic nitrogens is 6. The van der Waals surface area contributed by atoms with Crippen LogP contribution in [-0.4, -0.2) is 79.5 Å². The lowest BCUT2D eigenvalue weighted by atomic mass is 10.0. The standard InChI is InChI=1S/C22H23F3N8O2/c1-12(34)31-7-5-16(14(24)10-31)26-22-27-21(35-2)20-19(15(25)11-33(20)29-22)13-3-4-17-18(9-13)32(8-6-23)30-28-17/h3-4,9,11,14,16H,5-8,10H2,1-2H3,(H,26,29)/t14-,16+/m1/s1/i11D. The molecule has 4 heterocycles. The van der Waals surface area contributed by atoms with Crippen LogP contribution in [0.25, 0.3) is 27.7 Å². The molecule has 3 aromatic heterocycles. The Balaban J connectivity index is 1.56. The van der Waals surface area contributed by atoms with Crippen molar-refractivity contribution in [1.82, 2.24) is 34.5 Å². The van der Waals surface area contributed by atoms with Crippen LogP contribution in [0.3, 0.4) is 0 Å². The Hall–Kier alpha value is -3.90. The molecule has 35 heavy (non-hydrogen) atoms. The predicted octanol–water partition coefficient (Wildman–Crippen LogP) is 2.63. The molecule has 184 valence electrons. The summed E-state index contributed by atoms with van der Waals surface area (Å²) in [6.07, 6.45) is -1.58. The molecule has 1 aliphatic rings. The minimum absolute atomic E-state index is 0.00892. The summed E-state index contributed by atoms with van der Waals surface area (Å²) in [5.41, 5.74) is 1.52. The van der Waals surface area contributed by atoms with Gasteiger partial charge in [-0.15, -0.1) is 10.2 Å². The summed E-state index contributed by atoms with van der Waals surface area (Å²) in [4.78, 5) is 17.3. The second-order valence-electron chi connectivity index (χ2n) is 8.23. The monoisotopic (exact) mass is 489 g/mol. The molecule has 5 rings (SSSR count). The third kappa shape index (κ3) is 4.10. The number of likely N-dealkylation sites (tertiary alicyclic amines) is 1. The van der Waals surface area contributed by atoms with Gasteiger partial charge in [-0.3, -0.25) is 4.79 Å². The van der Waals surface area contributed by atoms with Gasteiger partial charge in [-0.25, -0.2) is 22.4 Å². The number of nitrogens with zero attached hydrogens (tertiary/aromatic N) is 7. The minimum atomic E-state index is -1.37. The van der Waals surface area contributed by atoms with Gasteiger partial charge < -0.3 is 15.0 Å². The first-order chi connectivity index (χ1) is 17.3. The van der Waals surface area contributed by atoms with Gasteiger partial charge >= 0.3 is 0 Å². The summed E-state index contributed by atoms with van der Waals surface area (Å²) in [7, 11) is 1.34. The number of amides is 1. The van der Waals surface area contributed by atoms with Gasteiger partial charge in [0, 0.05) is 13.5 Å². The van der Waals surface area contributed by atoms with Crippen LogP contribution in [0, 0.1) is 5.82 Å². The summed E-state index contributed by atoms with van der Waals surface area (Å²) in [6.45, 7) is 1.04. The van der Waals surface area contributed by atoms with Gasteiger partial charge in [-0.1, -0.05) is 11.3 Å². The fraction of sp³-hybridized carbons (Fsp3) is 0.409. The number of ether oxygens (including phenoxy) is 1. The highest BCUT2D eigenvalue weighted by Gasteiger charge is 2.31. The van der Waals surface area contributed by atoms with Gasteiger partial charge in [-0.2, -0.15) is 4.98 Å². The molecule has 13 heteroatoms. The van der Waals surface area contributed by atoms with Crippen LogP contribution in [0.2, 0.25) is 0 Å². The number of rotatable bonds is 6. The van der Waals surface area contributed by atoms with E-state index in [0.717, 1.165) is 4.52 Å². The van der Waals surface area contributed by atoms with E-state index < -0.39 is 30.9 Å². The smallest absolute Gasteiger partial charge is 0.244 e. The first kappa shape index (κ1) is 21.6. The van der Waals surface area contributed by atoms with Crippen LogP contribution >= 0.6 is 0 Å². The van der Waals surface area contributed by atoms with Crippen molar-refractivity contribution in [3.8, 4) is 17.0 Å². The van der Waals surface area contributed by atoms with E-state index >= 15 is 4.39 Å². The Kier molecular flexibility index (Phi) is 5.58. The SMILES string of the molecule is [2H]c1c(F)c(-c2ccc3nnn(CCF)c3c2)c2c(OC)nc(N[C@H]3CCN(C(C)=O)C[C@H]3F)nn12. The van der Waals surface area contributed by atoms with Crippen LogP contribution in [0.4, 0.5) is 19.1 Å². The van der Waals surface area contributed by atoms with E-state index in [2.05, 4.69) is 25.7 Å². The van der Waals surface area contributed by atoms with Crippen molar-refractivity contribution in [1.29, 1.82) is 0 Å². The molecule has 0 aliphatic carbocycles. The highest BCUT2D eigenvalue weighted by molar-refractivity contribution is 5.89. The van der Waals surface area contributed by atoms with Crippen molar-refractivity contribution in [3.05, 3.63) is 30.2 Å². The van der Waals surface area contributed by atoms with Gasteiger partial charge in [0.25, 0.3) is 0 Å². The predicted molar refractivity (Wildman–Crippen MR) is 121 cm³/mol. The normalized spacial score (nSPS) is 18.8. The number of hydrogen-bond acceptors (Lipinski definition) is 7. The fourth-order valence-corrected chi connectivity index (χ4v) is 4.31. The first-order valence-electron chi connectivity index (χ1n) is 11.5. The Morgan fingerprint density at radius 3 is 2.94 bits per heavy atom. The van der Waals surface area contributed by atoms with E-state index in [9.17, 15) is 13.6 Å². The molecule has 1 fully saturated rings. The molecular weight excluding hydrogens is 465 g/mol. The summed E-state index contributed by atoms with van der Waals surface area (Å²) >= 11 is 0. The molecule has 1 N–H and O–H groups in total. The highest BCUT2D eigenvalue weighted by atomic mass is 19.1. The number of anilines is 1. The second kappa shape index (κ2) is 9.04. The number of halogens is 3. The Morgan fingerprint density at radius 2 is 2.23 bits per heavy atom. The lowest BCUT2D eigenvalue weighted by Gasteiger charge is -2.34. The Morgan fingerprint density at radius 1 is 1.40 bits per heavy atom. The minimum Gasteiger partial charge on any atom is -0.479 e.